The zero-order chi connectivity index (χ0) is 33.1. The van der Waals surface area contributed by atoms with Crippen molar-refractivity contribution in [3.63, 3.8) is 0 Å². The van der Waals surface area contributed by atoms with Crippen molar-refractivity contribution in [2.75, 3.05) is 37.4 Å². The van der Waals surface area contributed by atoms with Crippen molar-refractivity contribution < 1.29 is 28.2 Å². The minimum atomic E-state index is -0.628. The molecule has 1 heterocycles. The van der Waals surface area contributed by atoms with Crippen LogP contribution in [0.25, 0.3) is 0 Å². The summed E-state index contributed by atoms with van der Waals surface area (Å²) in [4.78, 5) is 27.8. The number of carbonyl (C=O) groups is 2. The number of hydrogen-bond donors (Lipinski definition) is 3. The lowest BCUT2D eigenvalue weighted by molar-refractivity contribution is 0.0986. The molecule has 9 nitrogen and oxygen atoms in total. The molecule has 0 atom stereocenters. The standard InChI is InChI=1S/C36H47FN4O5/c1-6-9-18-41-19-16-29(17-20-41)46-33-23-31(37)30(21-24(33)4)35(42)38-26-10-13-28(14-11-26)45-32-15-12-27(22-34(32)44-5)40-36(43)39-25(7-2)8-3/h10-15,21-23,25,29H,6-9,16-20H2,1-5H3,(H,38,42)(H2,39,40,43). The van der Waals surface area contributed by atoms with Crippen LogP contribution in [0.2, 0.25) is 0 Å². The fraction of sp³-hybridized carbons (Fsp3) is 0.444. The number of methoxy groups -OCH3 is 1. The second-order valence-corrected chi connectivity index (χ2v) is 11.7. The number of rotatable bonds is 14. The average Bonchev–Trinajstić information content (AvgIpc) is 3.06. The second-order valence-electron chi connectivity index (χ2n) is 11.7. The summed E-state index contributed by atoms with van der Waals surface area (Å²) in [5, 5.41) is 8.51. The summed E-state index contributed by atoms with van der Waals surface area (Å²) in [6.07, 6.45) is 5.91. The molecule has 3 aromatic carbocycles. The van der Waals surface area contributed by atoms with Gasteiger partial charge in [0.15, 0.2) is 11.5 Å². The predicted molar refractivity (Wildman–Crippen MR) is 180 cm³/mol. The lowest BCUT2D eigenvalue weighted by Gasteiger charge is -2.32. The number of aryl methyl sites for hydroxylation is 1. The van der Waals surface area contributed by atoms with Gasteiger partial charge in [0.05, 0.1) is 12.7 Å². The molecule has 46 heavy (non-hydrogen) atoms. The molecular formula is C36H47FN4O5. The van der Waals surface area contributed by atoms with Gasteiger partial charge in [0, 0.05) is 42.6 Å². The van der Waals surface area contributed by atoms with Crippen LogP contribution >= 0.6 is 0 Å². The number of unbranched alkanes of at least 4 members (excludes halogenated alkanes) is 1. The third-order valence-corrected chi connectivity index (χ3v) is 8.25. The number of benzene rings is 3. The van der Waals surface area contributed by atoms with Crippen LogP contribution in [0.1, 0.15) is 75.2 Å². The van der Waals surface area contributed by atoms with E-state index in [1.807, 2.05) is 20.8 Å². The predicted octanol–water partition coefficient (Wildman–Crippen LogP) is 8.14. The number of ether oxygens (including phenoxy) is 3. The first-order valence-electron chi connectivity index (χ1n) is 16.3. The number of likely N-dealkylation sites (tertiary alicyclic amines) is 1. The second kappa shape index (κ2) is 16.8. The van der Waals surface area contributed by atoms with Gasteiger partial charge in [0.25, 0.3) is 5.91 Å². The SMILES string of the molecule is CCCCN1CCC(Oc2cc(F)c(C(=O)Nc3ccc(Oc4ccc(NC(=O)NC(CC)CC)cc4OC)cc3)cc2C)CC1. The van der Waals surface area contributed by atoms with E-state index in [4.69, 9.17) is 14.2 Å². The van der Waals surface area contributed by atoms with Crippen LogP contribution < -0.4 is 30.2 Å². The molecule has 1 aliphatic heterocycles. The number of nitrogens with one attached hydrogen (secondary N) is 3. The number of hydrogen-bond acceptors (Lipinski definition) is 6. The number of carbonyl (C=O) groups excluding carboxylic acids is 2. The van der Waals surface area contributed by atoms with Crippen LogP contribution in [-0.4, -0.2) is 55.7 Å². The van der Waals surface area contributed by atoms with Gasteiger partial charge in [-0.25, -0.2) is 9.18 Å². The summed E-state index contributed by atoms with van der Waals surface area (Å²) in [7, 11) is 1.52. The van der Waals surface area contributed by atoms with Gasteiger partial charge in [0.2, 0.25) is 0 Å². The Balaban J connectivity index is 1.33. The van der Waals surface area contributed by atoms with Gasteiger partial charge in [0.1, 0.15) is 23.4 Å². The van der Waals surface area contributed by atoms with E-state index in [1.165, 1.54) is 32.1 Å². The molecule has 10 heteroatoms. The van der Waals surface area contributed by atoms with Crippen LogP contribution in [0, 0.1) is 12.7 Å². The third kappa shape index (κ3) is 9.59. The molecular weight excluding hydrogens is 587 g/mol. The molecule has 0 bridgehead atoms. The number of nitrogens with zero attached hydrogens (tertiary/aromatic N) is 1. The lowest BCUT2D eigenvalue weighted by atomic mass is 10.1. The molecule has 0 saturated carbocycles. The fourth-order valence-corrected chi connectivity index (χ4v) is 5.38. The highest BCUT2D eigenvalue weighted by Crippen LogP contribution is 2.34. The summed E-state index contributed by atoms with van der Waals surface area (Å²) in [6, 6.07) is 14.5. The van der Waals surface area contributed by atoms with Gasteiger partial charge in [-0.1, -0.05) is 27.2 Å². The molecule has 3 N–H and O–H groups in total. The van der Waals surface area contributed by atoms with Gasteiger partial charge < -0.3 is 35.1 Å². The van der Waals surface area contributed by atoms with Gasteiger partial charge in [-0.2, -0.15) is 0 Å². The van der Waals surface area contributed by atoms with Crippen molar-refractivity contribution in [1.29, 1.82) is 0 Å². The normalized spacial score (nSPS) is 13.7. The van der Waals surface area contributed by atoms with Gasteiger partial charge in [-0.15, -0.1) is 0 Å². The first kappa shape index (κ1) is 34.6. The molecule has 0 unspecified atom stereocenters. The molecule has 4 rings (SSSR count). The Hall–Kier alpha value is -4.31. The molecule has 1 fully saturated rings. The van der Waals surface area contributed by atoms with Crippen molar-refractivity contribution in [3.8, 4) is 23.0 Å². The quantitative estimate of drug-likeness (QED) is 0.166. The minimum Gasteiger partial charge on any atom is -0.493 e. The summed E-state index contributed by atoms with van der Waals surface area (Å²) in [6.45, 7) is 11.1. The first-order chi connectivity index (χ1) is 22.2. The molecule has 0 aliphatic carbocycles. The van der Waals surface area contributed by atoms with E-state index in [-0.39, 0.29) is 23.7 Å². The Morgan fingerprint density at radius 1 is 0.913 bits per heavy atom. The molecule has 3 amide bonds. The van der Waals surface area contributed by atoms with Crippen LogP contribution in [0.3, 0.4) is 0 Å². The zero-order valence-electron chi connectivity index (χ0n) is 27.6. The van der Waals surface area contributed by atoms with E-state index in [2.05, 4.69) is 27.8 Å². The highest BCUT2D eigenvalue weighted by molar-refractivity contribution is 6.04. The van der Waals surface area contributed by atoms with E-state index >= 15 is 4.39 Å². The first-order valence-corrected chi connectivity index (χ1v) is 16.3. The molecule has 3 aromatic rings. The molecule has 0 aromatic heterocycles. The van der Waals surface area contributed by atoms with Crippen LogP contribution in [0.4, 0.5) is 20.6 Å². The molecule has 0 spiro atoms. The van der Waals surface area contributed by atoms with E-state index in [0.717, 1.165) is 45.3 Å². The van der Waals surface area contributed by atoms with Gasteiger partial charge >= 0.3 is 6.03 Å². The summed E-state index contributed by atoms with van der Waals surface area (Å²) < 4.78 is 32.7. The van der Waals surface area contributed by atoms with Crippen LogP contribution in [0.15, 0.2) is 54.6 Å². The van der Waals surface area contributed by atoms with E-state index in [9.17, 15) is 9.59 Å². The summed E-state index contributed by atoms with van der Waals surface area (Å²) in [5.74, 6) is 0.690. The number of halogens is 1. The fourth-order valence-electron chi connectivity index (χ4n) is 5.38. The minimum absolute atomic E-state index is 0.0386. The van der Waals surface area contributed by atoms with Crippen molar-refractivity contribution in [1.82, 2.24) is 10.2 Å². The highest BCUT2D eigenvalue weighted by Gasteiger charge is 2.22. The monoisotopic (exact) mass is 634 g/mol. The Bertz CT molecular complexity index is 1450. The maximum absolute atomic E-state index is 15.1. The maximum atomic E-state index is 15.1. The van der Waals surface area contributed by atoms with Crippen LogP contribution in [-0.2, 0) is 0 Å². The van der Waals surface area contributed by atoms with Gasteiger partial charge in [-0.3, -0.25) is 4.79 Å². The summed E-state index contributed by atoms with van der Waals surface area (Å²) >= 11 is 0. The van der Waals surface area contributed by atoms with Crippen molar-refractivity contribution >= 4 is 23.3 Å². The Kier molecular flexibility index (Phi) is 12.7. The van der Waals surface area contributed by atoms with Crippen molar-refractivity contribution in [2.45, 2.75) is 78.4 Å². The average molecular weight is 635 g/mol. The Morgan fingerprint density at radius 3 is 2.26 bits per heavy atom. The number of piperidine rings is 1. The number of anilines is 2. The topological polar surface area (TPSA) is 101 Å². The third-order valence-electron chi connectivity index (χ3n) is 8.25. The molecule has 1 aliphatic rings. The molecule has 0 radical (unpaired) electrons. The number of urea groups is 1. The van der Waals surface area contributed by atoms with E-state index < -0.39 is 11.7 Å². The highest BCUT2D eigenvalue weighted by atomic mass is 19.1. The maximum Gasteiger partial charge on any atom is 0.319 e. The Labute approximate surface area is 271 Å². The summed E-state index contributed by atoms with van der Waals surface area (Å²) in [5.41, 5.74) is 1.72. The van der Waals surface area contributed by atoms with Crippen LogP contribution in [0.5, 0.6) is 23.0 Å². The van der Waals surface area contributed by atoms with Crippen molar-refractivity contribution in [3.05, 3.63) is 71.5 Å². The molecule has 1 saturated heterocycles. The largest absolute Gasteiger partial charge is 0.493 e. The molecule has 248 valence electrons. The zero-order valence-corrected chi connectivity index (χ0v) is 27.6. The lowest BCUT2D eigenvalue weighted by Crippen LogP contribution is -2.38. The number of amides is 3. The van der Waals surface area contributed by atoms with Gasteiger partial charge in [-0.05, 0) is 93.6 Å². The van der Waals surface area contributed by atoms with E-state index in [0.29, 0.717) is 39.9 Å². The van der Waals surface area contributed by atoms with E-state index in [1.54, 1.807) is 42.5 Å². The Morgan fingerprint density at radius 2 is 1.61 bits per heavy atom. The van der Waals surface area contributed by atoms with Crippen molar-refractivity contribution in [2.24, 2.45) is 0 Å². The smallest absolute Gasteiger partial charge is 0.319 e.